The highest BCUT2D eigenvalue weighted by Crippen LogP contribution is 2.27. The molecule has 25 heavy (non-hydrogen) atoms. The van der Waals surface area contributed by atoms with Gasteiger partial charge in [-0.25, -0.2) is 4.79 Å². The Morgan fingerprint density at radius 2 is 2.16 bits per heavy atom. The molecule has 8 nitrogen and oxygen atoms in total. The molecule has 1 aliphatic heterocycles. The van der Waals surface area contributed by atoms with Crippen LogP contribution in [0, 0.1) is 24.0 Å². The lowest BCUT2D eigenvalue weighted by Crippen LogP contribution is -2.44. The van der Waals surface area contributed by atoms with Gasteiger partial charge >= 0.3 is 6.03 Å². The lowest BCUT2D eigenvalue weighted by molar-refractivity contribution is -0.385. The summed E-state index contributed by atoms with van der Waals surface area (Å²) < 4.78 is 11.0. The van der Waals surface area contributed by atoms with Crippen LogP contribution in [-0.4, -0.2) is 35.6 Å². The van der Waals surface area contributed by atoms with Crippen molar-refractivity contribution in [3.8, 4) is 0 Å². The highest BCUT2D eigenvalue weighted by atomic mass is 16.6. The second-order valence-electron chi connectivity index (χ2n) is 5.96. The molecule has 2 amide bonds. The normalized spacial score (nSPS) is 17.4. The number of benzene rings is 1. The summed E-state index contributed by atoms with van der Waals surface area (Å²) >= 11 is 0. The molecule has 132 valence electrons. The largest absolute Gasteiger partial charge is 0.467 e. The SMILES string of the molecule is Cc1cc(C)c([N+](=O)[O-])cc1NC(=O)N1CCO[C@@H](c2ccco2)C1. The number of hydrogen-bond acceptors (Lipinski definition) is 5. The lowest BCUT2D eigenvalue weighted by atomic mass is 10.1. The molecule has 0 spiro atoms. The number of furan rings is 1. The molecular weight excluding hydrogens is 326 g/mol. The number of nitro benzene ring substituents is 1. The van der Waals surface area contributed by atoms with Crippen molar-refractivity contribution in [1.29, 1.82) is 0 Å². The Kier molecular flexibility index (Phi) is 4.71. The van der Waals surface area contributed by atoms with Crippen LogP contribution in [0.15, 0.2) is 34.9 Å². The van der Waals surface area contributed by atoms with Crippen LogP contribution in [0.1, 0.15) is 23.0 Å². The molecule has 0 bridgehead atoms. The van der Waals surface area contributed by atoms with Gasteiger partial charge in [0, 0.05) is 18.2 Å². The number of nitro groups is 1. The van der Waals surface area contributed by atoms with Crippen molar-refractivity contribution in [2.24, 2.45) is 0 Å². The maximum atomic E-state index is 12.6. The molecule has 0 radical (unpaired) electrons. The molecule has 2 heterocycles. The van der Waals surface area contributed by atoms with Crippen LogP contribution in [0.3, 0.4) is 0 Å². The molecule has 8 heteroatoms. The zero-order valence-corrected chi connectivity index (χ0v) is 14.0. The molecule has 1 aromatic carbocycles. The van der Waals surface area contributed by atoms with Crippen molar-refractivity contribution < 1.29 is 18.9 Å². The minimum atomic E-state index is -0.452. The molecule has 1 aromatic heterocycles. The number of rotatable bonds is 3. The van der Waals surface area contributed by atoms with Crippen molar-refractivity contribution in [3.05, 3.63) is 57.5 Å². The summed E-state index contributed by atoms with van der Waals surface area (Å²) in [6.45, 7) is 4.66. The van der Waals surface area contributed by atoms with Crippen molar-refractivity contribution in [1.82, 2.24) is 4.90 Å². The van der Waals surface area contributed by atoms with E-state index in [4.69, 9.17) is 9.15 Å². The maximum absolute atomic E-state index is 12.6. The molecule has 0 unspecified atom stereocenters. The van der Waals surface area contributed by atoms with E-state index >= 15 is 0 Å². The Bertz CT molecular complexity index is 788. The van der Waals surface area contributed by atoms with Gasteiger partial charge in [-0.2, -0.15) is 0 Å². The highest BCUT2D eigenvalue weighted by Gasteiger charge is 2.27. The fourth-order valence-electron chi connectivity index (χ4n) is 2.85. The number of urea groups is 1. The predicted octanol–water partition coefficient (Wildman–Crippen LogP) is 3.41. The third-order valence-electron chi connectivity index (χ3n) is 4.20. The number of ether oxygens (including phenoxy) is 1. The average molecular weight is 345 g/mol. The van der Waals surface area contributed by atoms with Gasteiger partial charge in [0.05, 0.1) is 30.0 Å². The van der Waals surface area contributed by atoms with Gasteiger partial charge in [-0.15, -0.1) is 0 Å². The van der Waals surface area contributed by atoms with Gasteiger partial charge in [0.15, 0.2) is 0 Å². The molecule has 0 aliphatic carbocycles. The van der Waals surface area contributed by atoms with E-state index in [1.165, 1.54) is 6.07 Å². The van der Waals surface area contributed by atoms with Gasteiger partial charge in [-0.05, 0) is 37.6 Å². The fourth-order valence-corrected chi connectivity index (χ4v) is 2.85. The first-order chi connectivity index (χ1) is 12.0. The first-order valence-corrected chi connectivity index (χ1v) is 7.92. The van der Waals surface area contributed by atoms with Crippen LogP contribution in [0.4, 0.5) is 16.2 Å². The summed E-state index contributed by atoms with van der Waals surface area (Å²) in [5.41, 5.74) is 1.75. The average Bonchev–Trinajstić information content (AvgIpc) is 3.11. The second-order valence-corrected chi connectivity index (χ2v) is 5.96. The number of carbonyl (C=O) groups is 1. The van der Waals surface area contributed by atoms with Crippen LogP contribution in [0.2, 0.25) is 0 Å². The molecule has 1 aliphatic rings. The van der Waals surface area contributed by atoms with E-state index in [-0.39, 0.29) is 17.8 Å². The monoisotopic (exact) mass is 345 g/mol. The number of anilines is 1. The molecule has 0 saturated carbocycles. The zero-order valence-electron chi connectivity index (χ0n) is 14.0. The van der Waals surface area contributed by atoms with Crippen molar-refractivity contribution in [2.75, 3.05) is 25.0 Å². The van der Waals surface area contributed by atoms with E-state index in [1.54, 1.807) is 43.2 Å². The summed E-state index contributed by atoms with van der Waals surface area (Å²) in [7, 11) is 0. The molecular formula is C17H19N3O5. The predicted molar refractivity (Wildman–Crippen MR) is 90.6 cm³/mol. The molecule has 1 N–H and O–H groups in total. The fraction of sp³-hybridized carbons (Fsp3) is 0.353. The summed E-state index contributed by atoms with van der Waals surface area (Å²) in [6.07, 6.45) is 1.25. The van der Waals surface area contributed by atoms with Gasteiger partial charge < -0.3 is 19.4 Å². The summed E-state index contributed by atoms with van der Waals surface area (Å²) in [5.74, 6) is 0.666. The first-order valence-electron chi connectivity index (χ1n) is 7.92. The molecule has 1 fully saturated rings. The Morgan fingerprint density at radius 3 is 2.84 bits per heavy atom. The third-order valence-corrected chi connectivity index (χ3v) is 4.20. The lowest BCUT2D eigenvalue weighted by Gasteiger charge is -2.32. The Balaban J connectivity index is 1.74. The van der Waals surface area contributed by atoms with Gasteiger partial charge in [-0.1, -0.05) is 0 Å². The Morgan fingerprint density at radius 1 is 1.36 bits per heavy atom. The molecule has 1 saturated heterocycles. The van der Waals surface area contributed by atoms with Gasteiger partial charge in [-0.3, -0.25) is 10.1 Å². The standard InChI is InChI=1S/C17H19N3O5/c1-11-8-12(2)14(20(22)23)9-13(11)18-17(21)19-5-7-25-16(10-19)15-4-3-6-24-15/h3-4,6,8-9,16H,5,7,10H2,1-2H3,(H,18,21)/t16-/m1/s1. The van der Waals surface area contributed by atoms with Crippen molar-refractivity contribution >= 4 is 17.4 Å². The minimum Gasteiger partial charge on any atom is -0.467 e. The topological polar surface area (TPSA) is 97.9 Å². The summed E-state index contributed by atoms with van der Waals surface area (Å²) in [5, 5.41) is 13.9. The Hall–Kier alpha value is -2.87. The zero-order chi connectivity index (χ0) is 18.0. The summed E-state index contributed by atoms with van der Waals surface area (Å²) in [4.78, 5) is 24.8. The van der Waals surface area contributed by atoms with Crippen LogP contribution in [-0.2, 0) is 4.74 Å². The van der Waals surface area contributed by atoms with Crippen molar-refractivity contribution in [2.45, 2.75) is 20.0 Å². The quantitative estimate of drug-likeness (QED) is 0.679. The van der Waals surface area contributed by atoms with Gasteiger partial charge in [0.2, 0.25) is 0 Å². The number of nitrogens with one attached hydrogen (secondary N) is 1. The smallest absolute Gasteiger partial charge is 0.322 e. The number of morpholine rings is 1. The van der Waals surface area contributed by atoms with E-state index in [0.29, 0.717) is 36.7 Å². The Labute approximate surface area is 144 Å². The van der Waals surface area contributed by atoms with Gasteiger partial charge in [0.1, 0.15) is 11.9 Å². The van der Waals surface area contributed by atoms with E-state index < -0.39 is 4.92 Å². The number of aryl methyl sites for hydroxylation is 2. The minimum absolute atomic E-state index is 0.0173. The summed E-state index contributed by atoms with van der Waals surface area (Å²) in [6, 6.07) is 6.35. The number of nitrogens with zero attached hydrogens (tertiary/aromatic N) is 2. The molecule has 1 atom stereocenters. The second kappa shape index (κ2) is 6.94. The van der Waals surface area contributed by atoms with Crippen LogP contribution in [0.5, 0.6) is 0 Å². The number of carbonyl (C=O) groups excluding carboxylic acids is 1. The van der Waals surface area contributed by atoms with E-state index in [1.807, 2.05) is 0 Å². The van der Waals surface area contributed by atoms with Gasteiger partial charge in [0.25, 0.3) is 5.69 Å². The van der Waals surface area contributed by atoms with Crippen molar-refractivity contribution in [3.63, 3.8) is 0 Å². The molecule has 2 aromatic rings. The van der Waals surface area contributed by atoms with E-state index in [0.717, 1.165) is 5.56 Å². The number of hydrogen-bond donors (Lipinski definition) is 1. The van der Waals surface area contributed by atoms with Crippen LogP contribution >= 0.6 is 0 Å². The highest BCUT2D eigenvalue weighted by molar-refractivity contribution is 5.90. The van der Waals surface area contributed by atoms with Crippen LogP contribution < -0.4 is 5.32 Å². The van der Waals surface area contributed by atoms with Crippen LogP contribution in [0.25, 0.3) is 0 Å². The van der Waals surface area contributed by atoms with E-state index in [9.17, 15) is 14.9 Å². The van der Waals surface area contributed by atoms with E-state index in [2.05, 4.69) is 5.32 Å². The maximum Gasteiger partial charge on any atom is 0.322 e. The number of amides is 2. The third kappa shape index (κ3) is 3.63. The first kappa shape index (κ1) is 17.0. The molecule has 3 rings (SSSR count).